The number of fused-ring (bicyclic) bond motifs is 1. The molecule has 0 aliphatic rings. The maximum absolute atomic E-state index is 12.3. The molecule has 134 valence electrons. The minimum Gasteiger partial charge on any atom is -0.478 e. The minimum absolute atomic E-state index is 0.0800. The maximum atomic E-state index is 12.3. The van der Waals surface area contributed by atoms with Crippen LogP contribution in [0.25, 0.3) is 5.78 Å². The Bertz CT molecular complexity index is 1010. The summed E-state index contributed by atoms with van der Waals surface area (Å²) in [4.78, 5) is 32.1. The predicted octanol–water partition coefficient (Wildman–Crippen LogP) is 2.32. The molecule has 26 heavy (non-hydrogen) atoms. The van der Waals surface area contributed by atoms with Crippen molar-refractivity contribution in [3.63, 3.8) is 0 Å². The molecule has 0 bridgehead atoms. The second-order valence-corrected chi connectivity index (χ2v) is 6.14. The number of hydrogen-bond acceptors (Lipinski definition) is 5. The summed E-state index contributed by atoms with van der Waals surface area (Å²) in [6.45, 7) is 5.58. The van der Waals surface area contributed by atoms with Gasteiger partial charge < -0.3 is 10.4 Å². The summed E-state index contributed by atoms with van der Waals surface area (Å²) >= 11 is 0. The Morgan fingerprint density at radius 2 is 2.00 bits per heavy atom. The monoisotopic (exact) mass is 353 g/mol. The standard InChI is InChI=1S/C18H19N5O3/c1-10-4-6-15(14(8-10)17(25)26)22-16(24)7-5-13-11(2)21-18-19-9-20-23(18)12(13)3/h4,6,8-9H,5,7H2,1-3H3,(H,22,24)(H,25,26). The van der Waals surface area contributed by atoms with Gasteiger partial charge in [0.25, 0.3) is 5.78 Å². The number of carbonyl (C=O) groups excluding carboxylic acids is 1. The molecule has 3 rings (SSSR count). The summed E-state index contributed by atoms with van der Waals surface area (Å²) in [7, 11) is 0. The molecular weight excluding hydrogens is 334 g/mol. The third-order valence-electron chi connectivity index (χ3n) is 4.27. The summed E-state index contributed by atoms with van der Waals surface area (Å²) in [5.74, 6) is -0.802. The van der Waals surface area contributed by atoms with Gasteiger partial charge in [0, 0.05) is 17.8 Å². The van der Waals surface area contributed by atoms with Crippen LogP contribution >= 0.6 is 0 Å². The Hall–Kier alpha value is -3.29. The third kappa shape index (κ3) is 3.39. The number of carbonyl (C=O) groups is 2. The van der Waals surface area contributed by atoms with Crippen LogP contribution in [0.2, 0.25) is 0 Å². The van der Waals surface area contributed by atoms with Gasteiger partial charge in [-0.15, -0.1) is 0 Å². The van der Waals surface area contributed by atoms with Gasteiger partial charge in [0.15, 0.2) is 0 Å². The van der Waals surface area contributed by atoms with Gasteiger partial charge in [0.05, 0.1) is 11.3 Å². The van der Waals surface area contributed by atoms with E-state index in [2.05, 4.69) is 20.4 Å². The lowest BCUT2D eigenvalue weighted by Crippen LogP contribution is -2.16. The lowest BCUT2D eigenvalue weighted by molar-refractivity contribution is -0.116. The van der Waals surface area contributed by atoms with E-state index in [4.69, 9.17) is 0 Å². The fraction of sp³-hybridized carbons (Fsp3) is 0.278. The number of anilines is 1. The number of amides is 1. The topological polar surface area (TPSA) is 109 Å². The molecule has 8 nitrogen and oxygen atoms in total. The molecule has 2 heterocycles. The van der Waals surface area contributed by atoms with Crippen LogP contribution in [-0.2, 0) is 11.2 Å². The fourth-order valence-electron chi connectivity index (χ4n) is 2.91. The third-order valence-corrected chi connectivity index (χ3v) is 4.27. The highest BCUT2D eigenvalue weighted by molar-refractivity contribution is 6.00. The highest BCUT2D eigenvalue weighted by Gasteiger charge is 2.15. The summed E-state index contributed by atoms with van der Waals surface area (Å²) in [6, 6.07) is 4.91. The molecule has 0 saturated carbocycles. The number of aromatic carboxylic acids is 1. The average Bonchev–Trinajstić information content (AvgIpc) is 3.04. The van der Waals surface area contributed by atoms with Gasteiger partial charge in [-0.1, -0.05) is 11.6 Å². The molecule has 0 spiro atoms. The first-order valence-corrected chi connectivity index (χ1v) is 8.16. The molecule has 2 N–H and O–H groups in total. The van der Waals surface area contributed by atoms with Crippen molar-refractivity contribution in [3.8, 4) is 0 Å². The Labute approximate surface area is 149 Å². The van der Waals surface area contributed by atoms with Crippen molar-refractivity contribution < 1.29 is 14.7 Å². The predicted molar refractivity (Wildman–Crippen MR) is 95.3 cm³/mol. The van der Waals surface area contributed by atoms with Gasteiger partial charge in [-0.05, 0) is 44.9 Å². The number of hydrogen-bond donors (Lipinski definition) is 2. The van der Waals surface area contributed by atoms with Gasteiger partial charge >= 0.3 is 5.97 Å². The zero-order chi connectivity index (χ0) is 18.8. The molecule has 0 fully saturated rings. The van der Waals surface area contributed by atoms with E-state index in [1.54, 1.807) is 23.6 Å². The van der Waals surface area contributed by atoms with Crippen LogP contribution in [0.4, 0.5) is 5.69 Å². The number of rotatable bonds is 5. The Morgan fingerprint density at radius 1 is 1.23 bits per heavy atom. The van der Waals surface area contributed by atoms with Gasteiger partial charge in [-0.2, -0.15) is 10.1 Å². The summed E-state index contributed by atoms with van der Waals surface area (Å²) in [5.41, 5.74) is 3.82. The Morgan fingerprint density at radius 3 is 2.73 bits per heavy atom. The van der Waals surface area contributed by atoms with Crippen LogP contribution in [-0.4, -0.2) is 36.6 Å². The minimum atomic E-state index is -1.07. The van der Waals surface area contributed by atoms with Gasteiger partial charge in [-0.25, -0.2) is 14.3 Å². The van der Waals surface area contributed by atoms with Gasteiger partial charge in [0.2, 0.25) is 5.91 Å². The van der Waals surface area contributed by atoms with E-state index in [0.29, 0.717) is 17.9 Å². The normalized spacial score (nSPS) is 10.9. The van der Waals surface area contributed by atoms with Crippen molar-refractivity contribution in [2.75, 3.05) is 5.32 Å². The van der Waals surface area contributed by atoms with Crippen molar-refractivity contribution in [1.29, 1.82) is 0 Å². The first-order chi connectivity index (χ1) is 12.4. The summed E-state index contributed by atoms with van der Waals surface area (Å²) in [5, 5.41) is 16.1. The zero-order valence-corrected chi connectivity index (χ0v) is 14.8. The molecular formula is C18H19N5O3. The van der Waals surface area contributed by atoms with Crippen LogP contribution in [0, 0.1) is 20.8 Å². The lowest BCUT2D eigenvalue weighted by Gasteiger charge is -2.12. The molecule has 0 saturated heterocycles. The number of benzene rings is 1. The zero-order valence-electron chi connectivity index (χ0n) is 14.8. The maximum Gasteiger partial charge on any atom is 0.337 e. The number of nitrogens with one attached hydrogen (secondary N) is 1. The molecule has 0 aliphatic carbocycles. The van der Waals surface area contributed by atoms with E-state index in [1.807, 2.05) is 13.8 Å². The van der Waals surface area contributed by atoms with E-state index in [1.165, 1.54) is 12.4 Å². The Balaban J connectivity index is 1.75. The first kappa shape index (κ1) is 17.5. The number of aryl methyl sites for hydroxylation is 3. The number of aromatic nitrogens is 4. The van der Waals surface area contributed by atoms with Gasteiger partial charge in [0.1, 0.15) is 6.33 Å². The molecule has 8 heteroatoms. The van der Waals surface area contributed by atoms with E-state index in [0.717, 1.165) is 22.5 Å². The van der Waals surface area contributed by atoms with Crippen LogP contribution in [0.5, 0.6) is 0 Å². The van der Waals surface area contributed by atoms with E-state index < -0.39 is 5.97 Å². The quantitative estimate of drug-likeness (QED) is 0.728. The smallest absolute Gasteiger partial charge is 0.337 e. The Kier molecular flexibility index (Phi) is 4.66. The fourth-order valence-corrected chi connectivity index (χ4v) is 2.91. The molecule has 0 unspecified atom stereocenters. The summed E-state index contributed by atoms with van der Waals surface area (Å²) in [6.07, 6.45) is 2.12. The highest BCUT2D eigenvalue weighted by Crippen LogP contribution is 2.19. The largest absolute Gasteiger partial charge is 0.478 e. The average molecular weight is 353 g/mol. The second-order valence-electron chi connectivity index (χ2n) is 6.14. The lowest BCUT2D eigenvalue weighted by atomic mass is 10.1. The van der Waals surface area contributed by atoms with Crippen LogP contribution in [0.15, 0.2) is 24.5 Å². The van der Waals surface area contributed by atoms with Crippen LogP contribution in [0.1, 0.15) is 39.3 Å². The first-order valence-electron chi connectivity index (χ1n) is 8.16. The molecule has 0 aliphatic heterocycles. The van der Waals surface area contributed by atoms with Crippen molar-refractivity contribution in [3.05, 3.63) is 52.6 Å². The van der Waals surface area contributed by atoms with Crippen molar-refractivity contribution >= 4 is 23.3 Å². The van der Waals surface area contributed by atoms with Gasteiger partial charge in [-0.3, -0.25) is 4.79 Å². The molecule has 1 amide bonds. The number of nitrogens with zero attached hydrogens (tertiary/aromatic N) is 4. The molecule has 3 aromatic rings. The van der Waals surface area contributed by atoms with E-state index in [-0.39, 0.29) is 17.9 Å². The van der Waals surface area contributed by atoms with Crippen LogP contribution in [0.3, 0.4) is 0 Å². The second kappa shape index (κ2) is 6.91. The SMILES string of the molecule is Cc1ccc(NC(=O)CCc2c(C)nc3ncnn3c2C)c(C(=O)O)c1. The van der Waals surface area contributed by atoms with Crippen molar-refractivity contribution in [2.45, 2.75) is 33.6 Å². The van der Waals surface area contributed by atoms with Crippen molar-refractivity contribution in [2.24, 2.45) is 0 Å². The summed E-state index contributed by atoms with van der Waals surface area (Å²) < 4.78 is 1.64. The van der Waals surface area contributed by atoms with E-state index in [9.17, 15) is 14.7 Å². The van der Waals surface area contributed by atoms with Crippen LogP contribution < -0.4 is 5.32 Å². The molecule has 0 atom stereocenters. The molecule has 1 aromatic carbocycles. The number of carboxylic acid groups (broad SMARTS) is 1. The molecule has 2 aromatic heterocycles. The van der Waals surface area contributed by atoms with E-state index >= 15 is 0 Å². The highest BCUT2D eigenvalue weighted by atomic mass is 16.4. The number of carboxylic acids is 1. The molecule has 0 radical (unpaired) electrons. The van der Waals surface area contributed by atoms with Crippen molar-refractivity contribution in [1.82, 2.24) is 19.6 Å².